The van der Waals surface area contributed by atoms with Crippen molar-refractivity contribution >= 4 is 20.9 Å². The van der Waals surface area contributed by atoms with Crippen LogP contribution in [0.4, 0.5) is 0 Å². The van der Waals surface area contributed by atoms with Crippen LogP contribution in [-0.4, -0.2) is 41.0 Å². The number of hydrogen-bond donors (Lipinski definition) is 1. The molecule has 24 heavy (non-hydrogen) atoms. The number of nitrogens with one attached hydrogen (secondary N) is 1. The number of aromatic amines is 1. The van der Waals surface area contributed by atoms with Crippen LogP contribution in [0, 0.1) is 5.92 Å². The first-order valence-electron chi connectivity index (χ1n) is 7.96. The second-order valence-corrected chi connectivity index (χ2v) is 8.08. The predicted molar refractivity (Wildman–Crippen MR) is 90.9 cm³/mol. The van der Waals surface area contributed by atoms with Crippen LogP contribution in [0.3, 0.4) is 0 Å². The van der Waals surface area contributed by atoms with E-state index in [1.165, 1.54) is 18.0 Å². The fourth-order valence-electron chi connectivity index (χ4n) is 3.37. The highest BCUT2D eigenvalue weighted by Gasteiger charge is 2.33. The average molecular weight is 342 g/mol. The molecular formula is C17H18N4O2S. The molecular weight excluding hydrogens is 324 g/mol. The highest BCUT2D eigenvalue weighted by Crippen LogP contribution is 2.28. The van der Waals surface area contributed by atoms with Gasteiger partial charge in [0, 0.05) is 30.9 Å². The van der Waals surface area contributed by atoms with Crippen molar-refractivity contribution in [2.75, 3.05) is 13.1 Å². The van der Waals surface area contributed by atoms with Gasteiger partial charge in [0.15, 0.2) is 0 Å². The Morgan fingerprint density at radius 1 is 1.25 bits per heavy atom. The smallest absolute Gasteiger partial charge is 0.246 e. The van der Waals surface area contributed by atoms with Crippen molar-refractivity contribution in [3.8, 4) is 0 Å². The monoisotopic (exact) mass is 342 g/mol. The molecule has 0 amide bonds. The molecule has 1 aromatic carbocycles. The van der Waals surface area contributed by atoms with E-state index >= 15 is 0 Å². The first-order valence-corrected chi connectivity index (χ1v) is 9.40. The van der Waals surface area contributed by atoms with Gasteiger partial charge in [-0.15, -0.1) is 0 Å². The molecule has 7 heteroatoms. The van der Waals surface area contributed by atoms with Crippen molar-refractivity contribution in [1.82, 2.24) is 19.5 Å². The summed E-state index contributed by atoms with van der Waals surface area (Å²) in [6.45, 7) is 1.10. The lowest BCUT2D eigenvalue weighted by Crippen LogP contribution is -2.28. The van der Waals surface area contributed by atoms with Gasteiger partial charge in [-0.2, -0.15) is 9.40 Å². The van der Waals surface area contributed by atoms with Crippen LogP contribution in [0.2, 0.25) is 0 Å². The quantitative estimate of drug-likeness (QED) is 0.788. The van der Waals surface area contributed by atoms with E-state index in [2.05, 4.69) is 27.3 Å². The lowest BCUT2D eigenvalue weighted by atomic mass is 9.96. The molecule has 1 aliphatic rings. The molecule has 124 valence electrons. The molecule has 1 saturated heterocycles. The third-order valence-electron chi connectivity index (χ3n) is 4.60. The Labute approximate surface area is 140 Å². The molecule has 6 nitrogen and oxygen atoms in total. The molecule has 0 saturated carbocycles. The third kappa shape index (κ3) is 2.70. The number of aromatic nitrogens is 3. The third-order valence-corrected chi connectivity index (χ3v) is 6.43. The number of H-pyrrole nitrogens is 1. The van der Waals surface area contributed by atoms with Gasteiger partial charge < -0.3 is 0 Å². The van der Waals surface area contributed by atoms with Crippen LogP contribution in [0.1, 0.15) is 12.0 Å². The van der Waals surface area contributed by atoms with Crippen LogP contribution in [0.15, 0.2) is 53.8 Å². The van der Waals surface area contributed by atoms with E-state index in [0.29, 0.717) is 19.0 Å². The van der Waals surface area contributed by atoms with Crippen LogP contribution in [0.25, 0.3) is 10.9 Å². The molecule has 1 atom stereocenters. The standard InChI is InChI=1S/C17H18N4O2S/c22-24(23,15-10-19-20-11-15)21-8-6-13(12-21)9-14-3-1-5-17-16(14)4-2-7-18-17/h1-5,7,10-11,13H,6,8-9,12H2,(H,19,20)/t13-/m1/s1. The largest absolute Gasteiger partial charge is 0.284 e. The highest BCUT2D eigenvalue weighted by atomic mass is 32.2. The summed E-state index contributed by atoms with van der Waals surface area (Å²) < 4.78 is 26.7. The molecule has 0 bridgehead atoms. The Morgan fingerprint density at radius 3 is 3.00 bits per heavy atom. The lowest BCUT2D eigenvalue weighted by Gasteiger charge is -2.16. The number of benzene rings is 1. The summed E-state index contributed by atoms with van der Waals surface area (Å²) in [5.41, 5.74) is 2.21. The number of hydrogen-bond acceptors (Lipinski definition) is 4. The molecule has 0 aliphatic carbocycles. The number of pyridine rings is 1. The van der Waals surface area contributed by atoms with E-state index in [0.717, 1.165) is 23.7 Å². The number of sulfonamides is 1. The van der Waals surface area contributed by atoms with E-state index < -0.39 is 10.0 Å². The van der Waals surface area contributed by atoms with Crippen molar-refractivity contribution in [2.45, 2.75) is 17.7 Å². The maximum Gasteiger partial charge on any atom is 0.246 e. The highest BCUT2D eigenvalue weighted by molar-refractivity contribution is 7.89. The Bertz CT molecular complexity index is 948. The van der Waals surface area contributed by atoms with Gasteiger partial charge in [0.25, 0.3) is 0 Å². The first kappa shape index (κ1) is 15.3. The van der Waals surface area contributed by atoms with Gasteiger partial charge in [-0.25, -0.2) is 8.42 Å². The zero-order chi connectivity index (χ0) is 16.6. The van der Waals surface area contributed by atoms with Crippen molar-refractivity contribution in [1.29, 1.82) is 0 Å². The van der Waals surface area contributed by atoms with Crippen LogP contribution in [0.5, 0.6) is 0 Å². The molecule has 1 fully saturated rings. The summed E-state index contributed by atoms with van der Waals surface area (Å²) in [6.07, 6.45) is 6.31. The van der Waals surface area contributed by atoms with Crippen molar-refractivity contribution in [3.63, 3.8) is 0 Å². The maximum atomic E-state index is 12.6. The average Bonchev–Trinajstić information content (AvgIpc) is 3.28. The van der Waals surface area contributed by atoms with E-state index in [4.69, 9.17) is 0 Å². The van der Waals surface area contributed by atoms with Crippen LogP contribution < -0.4 is 0 Å². The van der Waals surface area contributed by atoms with Crippen LogP contribution >= 0.6 is 0 Å². The SMILES string of the molecule is O=S(=O)(c1cn[nH]c1)N1CC[C@H](Cc2cccc3ncccc23)C1. The van der Waals surface area contributed by atoms with E-state index in [9.17, 15) is 8.42 Å². The number of fused-ring (bicyclic) bond motifs is 1. The molecule has 3 aromatic rings. The Morgan fingerprint density at radius 2 is 2.17 bits per heavy atom. The minimum absolute atomic E-state index is 0.234. The van der Waals surface area contributed by atoms with Crippen molar-refractivity contribution in [2.24, 2.45) is 5.92 Å². The fraction of sp³-hybridized carbons (Fsp3) is 0.294. The topological polar surface area (TPSA) is 79.0 Å². The zero-order valence-corrected chi connectivity index (χ0v) is 13.9. The summed E-state index contributed by atoms with van der Waals surface area (Å²) in [5.74, 6) is 0.317. The zero-order valence-electron chi connectivity index (χ0n) is 13.1. The van der Waals surface area contributed by atoms with E-state index in [1.54, 1.807) is 10.5 Å². The summed E-state index contributed by atoms with van der Waals surface area (Å²) >= 11 is 0. The maximum absolute atomic E-state index is 12.6. The Hall–Kier alpha value is -2.25. The summed E-state index contributed by atoms with van der Waals surface area (Å²) in [6, 6.07) is 10.1. The molecule has 0 radical (unpaired) electrons. The molecule has 4 rings (SSSR count). The summed E-state index contributed by atoms with van der Waals surface area (Å²) in [7, 11) is -3.44. The lowest BCUT2D eigenvalue weighted by molar-refractivity contribution is 0.456. The number of rotatable bonds is 4. The second-order valence-electron chi connectivity index (χ2n) is 6.14. The van der Waals surface area contributed by atoms with Crippen molar-refractivity contribution in [3.05, 3.63) is 54.5 Å². The van der Waals surface area contributed by atoms with E-state index in [1.807, 2.05) is 18.2 Å². The normalized spacial score (nSPS) is 19.1. The van der Waals surface area contributed by atoms with Gasteiger partial charge in [0.1, 0.15) is 4.90 Å². The molecule has 1 aliphatic heterocycles. The summed E-state index contributed by atoms with van der Waals surface area (Å²) in [5, 5.41) is 7.46. The molecule has 2 aromatic heterocycles. The number of nitrogens with zero attached hydrogens (tertiary/aromatic N) is 3. The molecule has 3 heterocycles. The summed E-state index contributed by atoms with van der Waals surface area (Å²) in [4.78, 5) is 4.62. The molecule has 1 N–H and O–H groups in total. The molecule has 0 spiro atoms. The van der Waals surface area contributed by atoms with Gasteiger partial charge in [-0.05, 0) is 36.5 Å². The minimum Gasteiger partial charge on any atom is -0.284 e. The van der Waals surface area contributed by atoms with Gasteiger partial charge >= 0.3 is 0 Å². The fourth-order valence-corrected chi connectivity index (χ4v) is 4.81. The second kappa shape index (κ2) is 5.99. The van der Waals surface area contributed by atoms with Gasteiger partial charge in [-0.1, -0.05) is 18.2 Å². The van der Waals surface area contributed by atoms with E-state index in [-0.39, 0.29) is 4.90 Å². The predicted octanol–water partition coefficient (Wildman–Crippen LogP) is 2.21. The first-order chi connectivity index (χ1) is 11.6. The Balaban J connectivity index is 1.53. The minimum atomic E-state index is -3.44. The van der Waals surface area contributed by atoms with Crippen LogP contribution in [-0.2, 0) is 16.4 Å². The Kier molecular flexibility index (Phi) is 3.82. The van der Waals surface area contributed by atoms with Gasteiger partial charge in [0.2, 0.25) is 10.0 Å². The molecule has 0 unspecified atom stereocenters. The van der Waals surface area contributed by atoms with Gasteiger partial charge in [0.05, 0.1) is 11.7 Å². The van der Waals surface area contributed by atoms with Gasteiger partial charge in [-0.3, -0.25) is 10.1 Å². The van der Waals surface area contributed by atoms with Crippen molar-refractivity contribution < 1.29 is 8.42 Å².